The summed E-state index contributed by atoms with van der Waals surface area (Å²) in [5.41, 5.74) is 4.10. The maximum absolute atomic E-state index is 11.9. The van der Waals surface area contributed by atoms with Crippen molar-refractivity contribution in [2.24, 2.45) is 0 Å². The van der Waals surface area contributed by atoms with Gasteiger partial charge in [-0.1, -0.05) is 42.8 Å². The first-order valence-electron chi connectivity index (χ1n) is 8.08. The molecule has 0 aromatic heterocycles. The van der Waals surface area contributed by atoms with E-state index >= 15 is 0 Å². The summed E-state index contributed by atoms with van der Waals surface area (Å²) in [4.78, 5) is 11.9. The number of hydrogen-bond acceptors (Lipinski definition) is 2. The Morgan fingerprint density at radius 1 is 1.13 bits per heavy atom. The van der Waals surface area contributed by atoms with Gasteiger partial charge in [0.1, 0.15) is 5.60 Å². The topological polar surface area (TPSA) is 26.3 Å². The summed E-state index contributed by atoms with van der Waals surface area (Å²) in [7, 11) is 0. The van der Waals surface area contributed by atoms with E-state index in [-0.39, 0.29) is 5.97 Å². The van der Waals surface area contributed by atoms with Gasteiger partial charge in [0.25, 0.3) is 0 Å². The molecule has 0 aliphatic rings. The summed E-state index contributed by atoms with van der Waals surface area (Å²) in [5.74, 6) is -0.325. The second-order valence-electron chi connectivity index (χ2n) is 6.68. The summed E-state index contributed by atoms with van der Waals surface area (Å²) in [6, 6.07) is 6.36. The molecule has 124 valence electrons. The fourth-order valence-corrected chi connectivity index (χ4v) is 2.00. The zero-order valence-corrected chi connectivity index (χ0v) is 15.1. The van der Waals surface area contributed by atoms with Gasteiger partial charge in [-0.2, -0.15) is 0 Å². The minimum atomic E-state index is -0.475. The molecular formula is C21H28O2. The highest BCUT2D eigenvalue weighted by atomic mass is 16.6. The van der Waals surface area contributed by atoms with Crippen molar-refractivity contribution in [3.63, 3.8) is 0 Å². The number of benzene rings is 1. The van der Waals surface area contributed by atoms with Crippen LogP contribution in [-0.2, 0) is 9.53 Å². The highest BCUT2D eigenvalue weighted by Crippen LogP contribution is 2.16. The normalized spacial score (nSPS) is 13.0. The molecule has 0 fully saturated rings. The van der Waals surface area contributed by atoms with Crippen LogP contribution in [0.5, 0.6) is 0 Å². The molecule has 0 aliphatic carbocycles. The fourth-order valence-electron chi connectivity index (χ4n) is 2.00. The van der Waals surface area contributed by atoms with Gasteiger partial charge in [-0.25, -0.2) is 4.79 Å². The van der Waals surface area contributed by atoms with Gasteiger partial charge in [-0.3, -0.25) is 0 Å². The number of hydrogen-bond donors (Lipinski definition) is 0. The summed E-state index contributed by atoms with van der Waals surface area (Å²) >= 11 is 0. The highest BCUT2D eigenvalue weighted by molar-refractivity contribution is 5.83. The summed E-state index contributed by atoms with van der Waals surface area (Å²) in [6.07, 6.45) is 10.4. The standard InChI is InChI=1S/C21H28O2/c1-7-8-9-18(12-13-20(22)23-21(4,5)6)15-19-14-16(2)10-11-17(19)3/h8-15H,7H2,1-6H3/b9-8+,13-12+,18-15+. The molecular weight excluding hydrogens is 284 g/mol. The van der Waals surface area contributed by atoms with Crippen LogP contribution in [0.25, 0.3) is 6.08 Å². The minimum Gasteiger partial charge on any atom is -0.457 e. The number of carbonyl (C=O) groups excluding carboxylic acids is 1. The number of esters is 1. The van der Waals surface area contributed by atoms with Gasteiger partial charge in [-0.15, -0.1) is 0 Å². The lowest BCUT2D eigenvalue weighted by atomic mass is 10.0. The second-order valence-corrected chi connectivity index (χ2v) is 6.68. The van der Waals surface area contributed by atoms with Crippen molar-refractivity contribution in [2.75, 3.05) is 0 Å². The average Bonchev–Trinajstić information content (AvgIpc) is 2.43. The Bertz CT molecular complexity index is 626. The van der Waals surface area contributed by atoms with E-state index in [1.165, 1.54) is 17.2 Å². The lowest BCUT2D eigenvalue weighted by Crippen LogP contribution is -2.22. The molecule has 1 aromatic rings. The van der Waals surface area contributed by atoms with E-state index in [1.54, 1.807) is 0 Å². The van der Waals surface area contributed by atoms with Crippen molar-refractivity contribution in [1.82, 2.24) is 0 Å². The Balaban J connectivity index is 3.05. The van der Waals surface area contributed by atoms with Crippen LogP contribution in [0.15, 0.2) is 48.1 Å². The molecule has 0 saturated heterocycles. The number of rotatable bonds is 5. The van der Waals surface area contributed by atoms with Gasteiger partial charge >= 0.3 is 5.97 Å². The Hall–Kier alpha value is -2.09. The number of aryl methyl sites for hydroxylation is 2. The van der Waals surface area contributed by atoms with E-state index in [9.17, 15) is 4.79 Å². The zero-order valence-electron chi connectivity index (χ0n) is 15.1. The van der Waals surface area contributed by atoms with Gasteiger partial charge in [0.2, 0.25) is 0 Å². The number of allylic oxidation sites excluding steroid dienone is 4. The van der Waals surface area contributed by atoms with Gasteiger partial charge in [-0.05, 0) is 69.9 Å². The molecule has 0 amide bonds. The molecule has 0 aliphatic heterocycles. The first-order valence-corrected chi connectivity index (χ1v) is 8.08. The van der Waals surface area contributed by atoms with Gasteiger partial charge < -0.3 is 4.74 Å². The first kappa shape index (κ1) is 19.0. The van der Waals surface area contributed by atoms with Gasteiger partial charge in [0, 0.05) is 6.08 Å². The smallest absolute Gasteiger partial charge is 0.331 e. The Labute approximate surface area is 140 Å². The first-order chi connectivity index (χ1) is 10.7. The number of carbonyl (C=O) groups is 1. The molecule has 0 N–H and O–H groups in total. The molecule has 0 spiro atoms. The van der Waals surface area contributed by atoms with Gasteiger partial charge in [0.05, 0.1) is 0 Å². The van der Waals surface area contributed by atoms with E-state index < -0.39 is 5.60 Å². The Morgan fingerprint density at radius 3 is 2.43 bits per heavy atom. The molecule has 0 saturated carbocycles. The van der Waals surface area contributed by atoms with Crippen molar-refractivity contribution >= 4 is 12.0 Å². The third kappa shape index (κ3) is 7.64. The third-order valence-corrected chi connectivity index (χ3v) is 3.12. The Kier molecular flexibility index (Phi) is 7.02. The Morgan fingerprint density at radius 2 is 1.83 bits per heavy atom. The molecule has 23 heavy (non-hydrogen) atoms. The minimum absolute atomic E-state index is 0.325. The van der Waals surface area contributed by atoms with Crippen LogP contribution in [0.3, 0.4) is 0 Å². The van der Waals surface area contributed by atoms with E-state index in [0.29, 0.717) is 0 Å². The molecule has 0 unspecified atom stereocenters. The van der Waals surface area contributed by atoms with Crippen molar-refractivity contribution < 1.29 is 9.53 Å². The maximum atomic E-state index is 11.9. The second kappa shape index (κ2) is 8.52. The molecule has 0 atom stereocenters. The van der Waals surface area contributed by atoms with Crippen molar-refractivity contribution in [3.05, 3.63) is 64.8 Å². The van der Waals surface area contributed by atoms with Gasteiger partial charge in [0.15, 0.2) is 0 Å². The predicted octanol–water partition coefficient (Wildman–Crippen LogP) is 5.55. The van der Waals surface area contributed by atoms with E-state index in [0.717, 1.165) is 17.6 Å². The lowest BCUT2D eigenvalue weighted by Gasteiger charge is -2.17. The summed E-state index contributed by atoms with van der Waals surface area (Å²) in [5, 5.41) is 0. The molecule has 0 bridgehead atoms. The largest absolute Gasteiger partial charge is 0.457 e. The summed E-state index contributed by atoms with van der Waals surface area (Å²) < 4.78 is 5.31. The van der Waals surface area contributed by atoms with E-state index in [4.69, 9.17) is 4.74 Å². The van der Waals surface area contributed by atoms with Crippen molar-refractivity contribution in [3.8, 4) is 0 Å². The van der Waals surface area contributed by atoms with Crippen LogP contribution < -0.4 is 0 Å². The SMILES string of the molecule is CC/C=C/C(/C=C/C(=O)OC(C)(C)C)=C\c1cc(C)ccc1C. The third-order valence-electron chi connectivity index (χ3n) is 3.12. The van der Waals surface area contributed by atoms with Crippen LogP contribution in [0.1, 0.15) is 50.8 Å². The predicted molar refractivity (Wildman–Crippen MR) is 98.3 cm³/mol. The molecule has 0 heterocycles. The summed E-state index contributed by atoms with van der Waals surface area (Å²) in [6.45, 7) is 11.8. The van der Waals surface area contributed by atoms with Crippen LogP contribution in [-0.4, -0.2) is 11.6 Å². The van der Waals surface area contributed by atoms with Crippen LogP contribution in [0, 0.1) is 13.8 Å². The fraction of sp³-hybridized carbons (Fsp3) is 0.381. The van der Waals surface area contributed by atoms with Crippen molar-refractivity contribution in [2.45, 2.75) is 53.6 Å². The van der Waals surface area contributed by atoms with Crippen molar-refractivity contribution in [1.29, 1.82) is 0 Å². The molecule has 2 nitrogen and oxygen atoms in total. The van der Waals surface area contributed by atoms with E-state index in [2.05, 4.69) is 51.1 Å². The van der Waals surface area contributed by atoms with Crippen LogP contribution in [0.2, 0.25) is 0 Å². The maximum Gasteiger partial charge on any atom is 0.331 e. The molecule has 1 rings (SSSR count). The zero-order chi connectivity index (χ0) is 17.5. The number of ether oxygens (including phenoxy) is 1. The van der Waals surface area contributed by atoms with Crippen LogP contribution in [0.4, 0.5) is 0 Å². The van der Waals surface area contributed by atoms with Crippen LogP contribution >= 0.6 is 0 Å². The highest BCUT2D eigenvalue weighted by Gasteiger charge is 2.13. The monoisotopic (exact) mass is 312 g/mol. The molecule has 2 heteroatoms. The molecule has 0 radical (unpaired) electrons. The average molecular weight is 312 g/mol. The lowest BCUT2D eigenvalue weighted by molar-refractivity contribution is -0.148. The quantitative estimate of drug-likeness (QED) is 0.405. The van der Waals surface area contributed by atoms with E-state index in [1.807, 2.05) is 32.9 Å². The molecule has 1 aromatic carbocycles.